The van der Waals surface area contributed by atoms with Crippen LogP contribution in [-0.4, -0.2) is 0 Å². The molecule has 0 bridgehead atoms. The molecule has 0 unspecified atom stereocenters. The molecule has 4 heteroatoms. The highest BCUT2D eigenvalue weighted by Gasteiger charge is 2.26. The zero-order chi connectivity index (χ0) is 16.0. The van der Waals surface area contributed by atoms with Gasteiger partial charge in [-0.2, -0.15) is 5.26 Å². The predicted molar refractivity (Wildman–Crippen MR) is 94.3 cm³/mol. The number of H-pyrrole nitrogens is 1. The Morgan fingerprint density at radius 2 is 1.91 bits per heavy atom. The summed E-state index contributed by atoms with van der Waals surface area (Å²) < 4.78 is 0. The van der Waals surface area contributed by atoms with E-state index in [-0.39, 0.29) is 0 Å². The van der Waals surface area contributed by atoms with Crippen LogP contribution in [0.5, 0.6) is 0 Å². The molecule has 1 aliphatic rings. The number of pyridine rings is 1. The van der Waals surface area contributed by atoms with E-state index in [0.717, 1.165) is 28.8 Å². The molecule has 0 radical (unpaired) electrons. The Morgan fingerprint density at radius 1 is 1.17 bits per heavy atom. The molecule has 3 aromatic rings. The van der Waals surface area contributed by atoms with E-state index < -0.39 is 0 Å². The van der Waals surface area contributed by atoms with Crippen LogP contribution in [0.15, 0.2) is 24.3 Å². The van der Waals surface area contributed by atoms with Gasteiger partial charge in [-0.3, -0.25) is 5.73 Å². The third kappa shape index (κ3) is 2.20. The van der Waals surface area contributed by atoms with Crippen molar-refractivity contribution in [3.63, 3.8) is 0 Å². The van der Waals surface area contributed by atoms with Crippen LogP contribution in [0.1, 0.15) is 34.4 Å². The second-order valence-corrected chi connectivity index (χ2v) is 7.29. The van der Waals surface area contributed by atoms with E-state index in [1.165, 1.54) is 34.2 Å². The monoisotopic (exact) mass is 320 g/mol. The number of nitriles is 1. The average molecular weight is 320 g/mol. The van der Waals surface area contributed by atoms with E-state index in [9.17, 15) is 5.26 Å². The number of aromatic amines is 1. The highest BCUT2D eigenvalue weighted by Crippen LogP contribution is 2.42. The zero-order valence-electron chi connectivity index (χ0n) is 13.1. The number of anilines is 1. The van der Waals surface area contributed by atoms with Crippen LogP contribution in [0, 0.1) is 18.3 Å². The van der Waals surface area contributed by atoms with Gasteiger partial charge in [-0.15, -0.1) is 0 Å². The maximum Gasteiger partial charge on any atom is 0.290 e. The molecule has 0 spiro atoms. The van der Waals surface area contributed by atoms with Crippen LogP contribution in [0.4, 0.5) is 5.82 Å². The van der Waals surface area contributed by atoms with Crippen molar-refractivity contribution in [1.82, 2.24) is 0 Å². The Kier molecular flexibility index (Phi) is 3.32. The van der Waals surface area contributed by atoms with Crippen LogP contribution in [-0.2, 0) is 12.8 Å². The summed E-state index contributed by atoms with van der Waals surface area (Å²) in [6.45, 7) is 2.07. The summed E-state index contributed by atoms with van der Waals surface area (Å²) in [5.74, 6) is 0.467. The Morgan fingerprint density at radius 3 is 2.65 bits per heavy atom. The number of nitrogens with two attached hydrogens (primary N) is 1. The molecular formula is C19H18N3S+. The van der Waals surface area contributed by atoms with Gasteiger partial charge in [0.1, 0.15) is 11.6 Å². The molecule has 0 fully saturated rings. The number of thiophene rings is 1. The molecule has 0 atom stereocenters. The van der Waals surface area contributed by atoms with Gasteiger partial charge in [-0.1, -0.05) is 41.2 Å². The first-order chi connectivity index (χ1) is 11.2. The lowest BCUT2D eigenvalue weighted by Crippen LogP contribution is -2.14. The van der Waals surface area contributed by atoms with Gasteiger partial charge in [0.2, 0.25) is 0 Å². The van der Waals surface area contributed by atoms with Crippen LogP contribution in [0.25, 0.3) is 21.3 Å². The van der Waals surface area contributed by atoms with E-state index in [4.69, 9.17) is 5.73 Å². The number of aromatic nitrogens is 1. The normalized spacial score (nSPS) is 13.7. The number of nitrogens with one attached hydrogen (secondary N) is 1. The molecule has 0 saturated carbocycles. The van der Waals surface area contributed by atoms with Crippen molar-refractivity contribution in [2.75, 3.05) is 5.73 Å². The number of hydrogen-bond donors (Lipinski definition) is 1. The summed E-state index contributed by atoms with van der Waals surface area (Å²) in [4.78, 5) is 5.81. The number of hydrogen-bond acceptors (Lipinski definition) is 3. The van der Waals surface area contributed by atoms with Crippen molar-refractivity contribution < 1.29 is 4.98 Å². The molecule has 1 aliphatic carbocycles. The van der Waals surface area contributed by atoms with Crippen molar-refractivity contribution in [2.45, 2.75) is 32.6 Å². The van der Waals surface area contributed by atoms with Crippen molar-refractivity contribution in [1.29, 1.82) is 5.26 Å². The highest BCUT2D eigenvalue weighted by atomic mass is 32.1. The minimum Gasteiger partial charge on any atom is -0.286 e. The fraction of sp³-hybridized carbons (Fsp3) is 0.263. The first kappa shape index (κ1) is 14.2. The SMILES string of the molecule is Cc1ccc(-c2c(C#N)c(N)[nH+]c3sc4c(c23)CCCC4)cc1. The highest BCUT2D eigenvalue weighted by molar-refractivity contribution is 7.18. The molecule has 0 saturated heterocycles. The van der Waals surface area contributed by atoms with Gasteiger partial charge < -0.3 is 0 Å². The zero-order valence-corrected chi connectivity index (χ0v) is 13.9. The number of rotatable bonds is 1. The molecule has 0 aliphatic heterocycles. The van der Waals surface area contributed by atoms with Crippen molar-refractivity contribution in [3.8, 4) is 17.2 Å². The summed E-state index contributed by atoms with van der Waals surface area (Å²) >= 11 is 1.80. The molecule has 114 valence electrons. The number of nitrogens with zero attached hydrogens (tertiary/aromatic N) is 1. The third-order valence-electron chi connectivity index (χ3n) is 4.64. The molecule has 3 nitrogen and oxygen atoms in total. The van der Waals surface area contributed by atoms with E-state index in [0.29, 0.717) is 11.4 Å². The van der Waals surface area contributed by atoms with Crippen molar-refractivity contribution in [3.05, 3.63) is 45.8 Å². The second kappa shape index (κ2) is 5.36. The topological polar surface area (TPSA) is 64.0 Å². The molecule has 3 N–H and O–H groups in total. The minimum atomic E-state index is 0.467. The average Bonchev–Trinajstić information content (AvgIpc) is 2.92. The molecular weight excluding hydrogens is 302 g/mol. The van der Waals surface area contributed by atoms with Crippen molar-refractivity contribution >= 4 is 27.4 Å². The van der Waals surface area contributed by atoms with E-state index in [2.05, 4.69) is 42.2 Å². The van der Waals surface area contributed by atoms with E-state index >= 15 is 0 Å². The Hall–Kier alpha value is -2.38. The number of nitrogen functional groups attached to an aromatic ring is 1. The standard InChI is InChI=1S/C19H17N3S/c1-11-6-8-12(9-7-11)16-14(10-20)18(21)22-19-17(16)13-4-2-3-5-15(13)23-19/h6-9H,2-5H2,1H3,(H2,21,22)/p+1. The molecule has 0 amide bonds. The first-order valence-electron chi connectivity index (χ1n) is 7.95. The fourth-order valence-electron chi connectivity index (χ4n) is 3.49. The Labute approximate surface area is 139 Å². The maximum absolute atomic E-state index is 9.67. The van der Waals surface area contributed by atoms with Crippen LogP contribution in [0.3, 0.4) is 0 Å². The molecule has 1 aromatic carbocycles. The first-order valence-corrected chi connectivity index (χ1v) is 8.77. The van der Waals surface area contributed by atoms with Crippen LogP contribution < -0.4 is 10.7 Å². The number of aryl methyl sites for hydroxylation is 3. The Balaban J connectivity index is 2.12. The lowest BCUT2D eigenvalue weighted by atomic mass is 9.90. The summed E-state index contributed by atoms with van der Waals surface area (Å²) in [6.07, 6.45) is 4.70. The lowest BCUT2D eigenvalue weighted by molar-refractivity contribution is -0.323. The van der Waals surface area contributed by atoms with Gasteiger partial charge in [0.15, 0.2) is 4.83 Å². The largest absolute Gasteiger partial charge is 0.290 e. The fourth-order valence-corrected chi connectivity index (χ4v) is 4.80. The smallest absolute Gasteiger partial charge is 0.286 e. The number of fused-ring (bicyclic) bond motifs is 3. The Bertz CT molecular complexity index is 946. The van der Waals surface area contributed by atoms with Gasteiger partial charge in [-0.05, 0) is 43.7 Å². The second-order valence-electron chi connectivity index (χ2n) is 6.18. The van der Waals surface area contributed by atoms with Gasteiger partial charge in [-0.25, -0.2) is 4.98 Å². The van der Waals surface area contributed by atoms with Crippen LogP contribution >= 0.6 is 11.3 Å². The molecule has 23 heavy (non-hydrogen) atoms. The summed E-state index contributed by atoms with van der Waals surface area (Å²) in [7, 11) is 0. The van der Waals surface area contributed by atoms with E-state index in [1.807, 2.05) is 0 Å². The summed E-state index contributed by atoms with van der Waals surface area (Å²) in [6, 6.07) is 10.7. The van der Waals surface area contributed by atoms with Crippen molar-refractivity contribution in [2.24, 2.45) is 0 Å². The predicted octanol–water partition coefficient (Wildman–Crippen LogP) is 4.02. The van der Waals surface area contributed by atoms with Gasteiger partial charge >= 0.3 is 0 Å². The van der Waals surface area contributed by atoms with Crippen LogP contribution in [0.2, 0.25) is 0 Å². The van der Waals surface area contributed by atoms with E-state index in [1.54, 1.807) is 11.3 Å². The quantitative estimate of drug-likeness (QED) is 0.736. The van der Waals surface area contributed by atoms with Gasteiger partial charge in [0.25, 0.3) is 5.82 Å². The van der Waals surface area contributed by atoms with Gasteiger partial charge in [0, 0.05) is 15.8 Å². The summed E-state index contributed by atoms with van der Waals surface area (Å²) in [5.41, 5.74) is 11.4. The van der Waals surface area contributed by atoms with Gasteiger partial charge in [0.05, 0.1) is 0 Å². The third-order valence-corrected chi connectivity index (χ3v) is 5.85. The maximum atomic E-state index is 9.67. The molecule has 2 heterocycles. The number of benzene rings is 1. The molecule has 2 aromatic heterocycles. The minimum absolute atomic E-state index is 0.467. The lowest BCUT2D eigenvalue weighted by Gasteiger charge is -2.13. The molecule has 4 rings (SSSR count). The summed E-state index contributed by atoms with van der Waals surface area (Å²) in [5, 5.41) is 10.9.